The second-order valence-corrected chi connectivity index (χ2v) is 3.92. The van der Waals surface area contributed by atoms with Crippen LogP contribution in [0.2, 0.25) is 0 Å². The van der Waals surface area contributed by atoms with Gasteiger partial charge in [0.2, 0.25) is 0 Å². The Balaban J connectivity index is 2.25. The number of carbonyl (C=O) groups is 1. The third kappa shape index (κ3) is 3.39. The fourth-order valence-electron chi connectivity index (χ4n) is 0.842. The molecule has 1 aromatic heterocycles. The number of carboxylic acids is 1. The van der Waals surface area contributed by atoms with Crippen LogP contribution in [-0.4, -0.2) is 28.0 Å². The van der Waals surface area contributed by atoms with E-state index in [0.29, 0.717) is 11.5 Å². The molecule has 0 aliphatic rings. The van der Waals surface area contributed by atoms with Crippen molar-refractivity contribution in [2.45, 2.75) is 18.7 Å². The van der Waals surface area contributed by atoms with Crippen LogP contribution in [0.3, 0.4) is 0 Å². The lowest BCUT2D eigenvalue weighted by Gasteiger charge is -2.03. The minimum Gasteiger partial charge on any atom is -0.480 e. The topological polar surface area (TPSA) is 89.4 Å². The maximum atomic E-state index is 10.4. The van der Waals surface area contributed by atoms with Crippen molar-refractivity contribution >= 4 is 17.7 Å². The molecule has 0 aliphatic carbocycles. The molecule has 0 fully saturated rings. The van der Waals surface area contributed by atoms with Gasteiger partial charge in [0, 0.05) is 11.8 Å². The molecule has 14 heavy (non-hydrogen) atoms. The first-order chi connectivity index (χ1) is 6.59. The van der Waals surface area contributed by atoms with Gasteiger partial charge in [-0.05, 0) is 6.92 Å². The van der Waals surface area contributed by atoms with Crippen LogP contribution in [0.4, 0.5) is 0 Å². The number of nitrogens with two attached hydrogens (primary N) is 1. The molecule has 78 valence electrons. The Bertz CT molecular complexity index is 313. The quantitative estimate of drug-likeness (QED) is 0.750. The first-order valence-corrected chi connectivity index (χ1v) is 5.23. The number of thioether (sulfide) groups is 1. The summed E-state index contributed by atoms with van der Waals surface area (Å²) in [6.07, 6.45) is 0. The zero-order valence-electron chi connectivity index (χ0n) is 7.77. The van der Waals surface area contributed by atoms with Gasteiger partial charge in [-0.3, -0.25) is 4.79 Å². The highest BCUT2D eigenvalue weighted by atomic mass is 32.2. The minimum atomic E-state index is -0.980. The summed E-state index contributed by atoms with van der Waals surface area (Å²) in [6.45, 7) is 1.83. The van der Waals surface area contributed by atoms with Crippen molar-refractivity contribution in [1.82, 2.24) is 5.16 Å². The third-order valence-electron chi connectivity index (χ3n) is 1.54. The monoisotopic (exact) mass is 216 g/mol. The van der Waals surface area contributed by atoms with Crippen LogP contribution in [0.15, 0.2) is 10.6 Å². The van der Waals surface area contributed by atoms with Crippen LogP contribution in [-0.2, 0) is 10.5 Å². The van der Waals surface area contributed by atoms with Gasteiger partial charge in [0.15, 0.2) is 0 Å². The van der Waals surface area contributed by atoms with Crippen molar-refractivity contribution in [2.24, 2.45) is 5.73 Å². The van der Waals surface area contributed by atoms with E-state index in [1.54, 1.807) is 0 Å². The average Bonchev–Trinajstić information content (AvgIpc) is 2.51. The predicted octanol–water partition coefficient (Wildman–Crippen LogP) is 0.628. The number of rotatable bonds is 5. The second kappa shape index (κ2) is 5.02. The first kappa shape index (κ1) is 11.1. The normalized spacial score (nSPS) is 12.7. The van der Waals surface area contributed by atoms with Gasteiger partial charge < -0.3 is 15.4 Å². The highest BCUT2D eigenvalue weighted by Gasteiger charge is 2.11. The molecule has 0 saturated carbocycles. The molecule has 3 N–H and O–H groups in total. The average molecular weight is 216 g/mol. The molecule has 1 atom stereocenters. The molecule has 0 aromatic carbocycles. The number of hydrogen-bond acceptors (Lipinski definition) is 5. The van der Waals surface area contributed by atoms with E-state index in [1.165, 1.54) is 11.8 Å². The second-order valence-electron chi connectivity index (χ2n) is 2.89. The lowest BCUT2D eigenvalue weighted by molar-refractivity contribution is -0.137. The van der Waals surface area contributed by atoms with Gasteiger partial charge in [0.1, 0.15) is 11.8 Å². The third-order valence-corrected chi connectivity index (χ3v) is 2.62. The Morgan fingerprint density at radius 2 is 2.57 bits per heavy atom. The molecule has 0 spiro atoms. The standard InChI is InChI=1S/C8H12N2O3S/c1-5-2-6(13-10-5)3-14-4-7(9)8(11)12/h2,7H,3-4,9H2,1H3,(H,11,12)/t7-/m0/s1. The Kier molecular flexibility index (Phi) is 3.97. The van der Waals surface area contributed by atoms with E-state index in [4.69, 9.17) is 15.4 Å². The van der Waals surface area contributed by atoms with Gasteiger partial charge in [-0.15, -0.1) is 0 Å². The van der Waals surface area contributed by atoms with Crippen LogP contribution >= 0.6 is 11.8 Å². The fraction of sp³-hybridized carbons (Fsp3) is 0.500. The molecule has 0 amide bonds. The van der Waals surface area contributed by atoms with Gasteiger partial charge in [-0.1, -0.05) is 5.16 Å². The van der Waals surface area contributed by atoms with Crippen molar-refractivity contribution in [3.05, 3.63) is 17.5 Å². The lowest BCUT2D eigenvalue weighted by atomic mass is 10.4. The van der Waals surface area contributed by atoms with Crippen LogP contribution in [0.5, 0.6) is 0 Å². The number of hydrogen-bond donors (Lipinski definition) is 2. The maximum Gasteiger partial charge on any atom is 0.321 e. The van der Waals surface area contributed by atoms with Gasteiger partial charge >= 0.3 is 5.97 Å². The summed E-state index contributed by atoms with van der Waals surface area (Å²) >= 11 is 1.42. The Hall–Kier alpha value is -1.01. The predicted molar refractivity (Wildman–Crippen MR) is 53.0 cm³/mol. The fourth-order valence-corrected chi connectivity index (χ4v) is 1.69. The largest absolute Gasteiger partial charge is 0.480 e. The van der Waals surface area contributed by atoms with E-state index in [1.807, 2.05) is 13.0 Å². The number of aromatic nitrogens is 1. The van der Waals surface area contributed by atoms with Crippen molar-refractivity contribution in [2.75, 3.05) is 5.75 Å². The van der Waals surface area contributed by atoms with E-state index in [9.17, 15) is 4.79 Å². The summed E-state index contributed by atoms with van der Waals surface area (Å²) in [4.78, 5) is 10.4. The highest BCUT2D eigenvalue weighted by Crippen LogP contribution is 2.13. The van der Waals surface area contributed by atoms with Crippen molar-refractivity contribution in [1.29, 1.82) is 0 Å². The van der Waals surface area contributed by atoms with Crippen molar-refractivity contribution < 1.29 is 14.4 Å². The summed E-state index contributed by atoms with van der Waals surface area (Å²) in [5, 5.41) is 12.2. The molecule has 1 aromatic rings. The molecular formula is C8H12N2O3S. The summed E-state index contributed by atoms with van der Waals surface area (Å²) in [6, 6.07) is 1.00. The van der Waals surface area contributed by atoms with Crippen molar-refractivity contribution in [3.8, 4) is 0 Å². The maximum absolute atomic E-state index is 10.4. The highest BCUT2D eigenvalue weighted by molar-refractivity contribution is 7.98. The van der Waals surface area contributed by atoms with Gasteiger partial charge in [-0.2, -0.15) is 11.8 Å². The molecular weight excluding hydrogens is 204 g/mol. The summed E-state index contributed by atoms with van der Waals surface area (Å²) < 4.78 is 4.95. The van der Waals surface area contributed by atoms with E-state index in [0.717, 1.165) is 11.5 Å². The molecule has 1 heterocycles. The Labute approximate surface area is 85.6 Å². The molecule has 0 saturated heterocycles. The number of carboxylic acid groups (broad SMARTS) is 1. The summed E-state index contributed by atoms with van der Waals surface area (Å²) in [7, 11) is 0. The van der Waals surface area contributed by atoms with Crippen molar-refractivity contribution in [3.63, 3.8) is 0 Å². The zero-order valence-corrected chi connectivity index (χ0v) is 8.58. The minimum absolute atomic E-state index is 0.370. The molecule has 6 heteroatoms. The van der Waals surface area contributed by atoms with Crippen LogP contribution in [0, 0.1) is 6.92 Å². The summed E-state index contributed by atoms with van der Waals surface area (Å²) in [5.41, 5.74) is 6.14. The molecule has 0 aliphatic heterocycles. The van der Waals surface area contributed by atoms with E-state index >= 15 is 0 Å². The van der Waals surface area contributed by atoms with Crippen LogP contribution in [0.25, 0.3) is 0 Å². The smallest absolute Gasteiger partial charge is 0.321 e. The van der Waals surface area contributed by atoms with Crippen LogP contribution < -0.4 is 5.73 Å². The lowest BCUT2D eigenvalue weighted by Crippen LogP contribution is -2.32. The zero-order chi connectivity index (χ0) is 10.6. The Morgan fingerprint density at radius 1 is 1.86 bits per heavy atom. The Morgan fingerprint density at radius 3 is 3.07 bits per heavy atom. The van der Waals surface area contributed by atoms with Gasteiger partial charge in [0.05, 0.1) is 11.4 Å². The van der Waals surface area contributed by atoms with Gasteiger partial charge in [0.25, 0.3) is 0 Å². The number of aliphatic carboxylic acids is 1. The number of aryl methyl sites for hydroxylation is 1. The van der Waals surface area contributed by atoms with E-state index in [-0.39, 0.29) is 0 Å². The van der Waals surface area contributed by atoms with E-state index < -0.39 is 12.0 Å². The summed E-state index contributed by atoms with van der Waals surface area (Å²) in [5.74, 6) is 0.730. The van der Waals surface area contributed by atoms with Crippen LogP contribution in [0.1, 0.15) is 11.5 Å². The number of nitrogens with zero attached hydrogens (tertiary/aromatic N) is 1. The van der Waals surface area contributed by atoms with E-state index in [2.05, 4.69) is 5.16 Å². The SMILES string of the molecule is Cc1cc(CSC[C@H](N)C(=O)O)on1. The molecule has 1 rings (SSSR count). The molecule has 5 nitrogen and oxygen atoms in total. The molecule has 0 radical (unpaired) electrons. The van der Waals surface area contributed by atoms with Gasteiger partial charge in [-0.25, -0.2) is 0 Å². The molecule has 0 unspecified atom stereocenters. The molecule has 0 bridgehead atoms. The first-order valence-electron chi connectivity index (χ1n) is 4.08.